The lowest BCUT2D eigenvalue weighted by Crippen LogP contribution is -2.46. The van der Waals surface area contributed by atoms with Gasteiger partial charge in [-0.1, -0.05) is 6.07 Å². The number of carbonyl (C=O) groups excluding carboxylic acids is 2. The number of benzene rings is 2. The second-order valence-electron chi connectivity index (χ2n) is 10.5. The Morgan fingerprint density at radius 2 is 1.78 bits per heavy atom. The molecule has 0 radical (unpaired) electrons. The van der Waals surface area contributed by atoms with Crippen LogP contribution in [0.25, 0.3) is 11.2 Å². The van der Waals surface area contributed by atoms with Gasteiger partial charge in [-0.05, 0) is 55.3 Å². The topological polar surface area (TPSA) is 249 Å². The molecule has 8 N–H and O–H groups in total. The van der Waals surface area contributed by atoms with Crippen molar-refractivity contribution < 1.29 is 34.1 Å². The molecule has 5 rings (SSSR count). The van der Waals surface area contributed by atoms with Crippen LogP contribution in [0, 0.1) is 0 Å². The zero-order valence-electron chi connectivity index (χ0n) is 24.6. The number of carbonyl (C=O) groups is 4. The van der Waals surface area contributed by atoms with E-state index in [-0.39, 0.29) is 35.2 Å². The normalized spacial score (nSPS) is 13.5. The summed E-state index contributed by atoms with van der Waals surface area (Å²) in [4.78, 5) is 68.2. The van der Waals surface area contributed by atoms with E-state index in [0.29, 0.717) is 36.4 Å². The van der Waals surface area contributed by atoms with Crippen molar-refractivity contribution >= 4 is 58.1 Å². The van der Waals surface area contributed by atoms with E-state index in [0.717, 1.165) is 11.3 Å². The van der Waals surface area contributed by atoms with Crippen LogP contribution >= 0.6 is 0 Å². The minimum absolute atomic E-state index is 0.00603. The largest absolute Gasteiger partial charge is 0.480 e. The quantitative estimate of drug-likeness (QED) is 0.121. The number of amides is 1. The van der Waals surface area contributed by atoms with Crippen molar-refractivity contribution in [3.8, 4) is 0 Å². The molecule has 0 spiro atoms. The summed E-state index contributed by atoms with van der Waals surface area (Å²) in [7, 11) is 0. The van der Waals surface area contributed by atoms with E-state index in [9.17, 15) is 29.4 Å². The number of rotatable bonds is 12. The Bertz CT molecular complexity index is 1830. The summed E-state index contributed by atoms with van der Waals surface area (Å²) in [5.41, 5.74) is 15.3. The number of nitrogen functional groups attached to an aromatic ring is 2. The number of esters is 1. The summed E-state index contributed by atoms with van der Waals surface area (Å²) < 4.78 is 4.97. The van der Waals surface area contributed by atoms with Crippen molar-refractivity contribution in [3.05, 3.63) is 71.0 Å². The third-order valence-electron chi connectivity index (χ3n) is 7.27. The summed E-state index contributed by atoms with van der Waals surface area (Å²) in [6.07, 6.45) is 1.72. The molecule has 2 atom stereocenters. The van der Waals surface area contributed by atoms with Crippen LogP contribution in [-0.4, -0.2) is 79.2 Å². The Morgan fingerprint density at radius 1 is 1.00 bits per heavy atom. The molecule has 238 valence electrons. The third-order valence-corrected chi connectivity index (χ3v) is 7.27. The van der Waals surface area contributed by atoms with Crippen LogP contribution in [0.3, 0.4) is 0 Å². The Morgan fingerprint density at radius 3 is 2.52 bits per heavy atom. The molecule has 46 heavy (non-hydrogen) atoms. The average molecular weight is 630 g/mol. The number of carboxylic acids is 2. The lowest BCUT2D eigenvalue weighted by Gasteiger charge is -2.22. The van der Waals surface area contributed by atoms with Crippen LogP contribution in [-0.2, 0) is 27.3 Å². The number of nitrogens with two attached hydrogens (primary N) is 2. The number of anilines is 4. The molecule has 2 aromatic heterocycles. The Hall–Kier alpha value is -6.06. The standard InChI is InChI=1S/C30H31N9O7/c1-2-46-29(45)17-4-3-5-18(11-17)34-20(27(41)42)12-21(28(43)44)36-26(40)16-6-7-22-15(10-16)8-9-39(22)14-19-13-33-25-23(35-19)24(31)37-30(32)38-25/h3-7,10-11,13,20-21,34H,2,8-9,12,14H2,1H3,(H,36,40)(H,41,42)(H,43,44)(H4,31,32,33,37,38)/t20?,21-/m1/s1. The van der Waals surface area contributed by atoms with Gasteiger partial charge in [-0.15, -0.1) is 0 Å². The molecule has 3 heterocycles. The lowest BCUT2D eigenvalue weighted by atomic mass is 10.0. The molecular weight excluding hydrogens is 598 g/mol. The van der Waals surface area contributed by atoms with Gasteiger partial charge in [0.2, 0.25) is 5.95 Å². The van der Waals surface area contributed by atoms with Crippen LogP contribution in [0.2, 0.25) is 0 Å². The Labute approximate surface area is 261 Å². The van der Waals surface area contributed by atoms with E-state index in [2.05, 4.69) is 35.5 Å². The van der Waals surface area contributed by atoms with E-state index in [4.69, 9.17) is 16.2 Å². The first-order chi connectivity index (χ1) is 22.0. The molecule has 0 saturated heterocycles. The van der Waals surface area contributed by atoms with Crippen molar-refractivity contribution in [2.24, 2.45) is 0 Å². The van der Waals surface area contributed by atoms with E-state index in [1.807, 2.05) is 0 Å². The Kier molecular flexibility index (Phi) is 9.06. The van der Waals surface area contributed by atoms with Crippen LogP contribution in [0.4, 0.5) is 23.1 Å². The minimum Gasteiger partial charge on any atom is -0.480 e. The highest BCUT2D eigenvalue weighted by molar-refractivity contribution is 5.97. The zero-order chi connectivity index (χ0) is 33.0. The van der Waals surface area contributed by atoms with Gasteiger partial charge < -0.3 is 42.0 Å². The molecule has 16 heteroatoms. The Balaban J connectivity index is 1.26. The minimum atomic E-state index is -1.53. The predicted molar refractivity (Wildman–Crippen MR) is 166 cm³/mol. The van der Waals surface area contributed by atoms with Gasteiger partial charge in [0.25, 0.3) is 5.91 Å². The molecule has 1 aliphatic rings. The van der Waals surface area contributed by atoms with E-state index in [1.54, 1.807) is 31.3 Å². The summed E-state index contributed by atoms with van der Waals surface area (Å²) in [6.45, 7) is 2.86. The molecule has 1 amide bonds. The van der Waals surface area contributed by atoms with Gasteiger partial charge in [-0.3, -0.25) is 4.79 Å². The highest BCUT2D eigenvalue weighted by atomic mass is 16.5. The molecular formula is C30H31N9O7. The SMILES string of the molecule is CCOC(=O)c1cccc(NC(C[C@@H](NC(=O)c2ccc3c(c2)CCN3Cc2cnc3nc(N)nc(N)c3n2)C(=O)O)C(=O)O)c1. The van der Waals surface area contributed by atoms with Gasteiger partial charge in [-0.2, -0.15) is 9.97 Å². The number of hydrogen-bond donors (Lipinski definition) is 6. The first kappa shape index (κ1) is 31.4. The fourth-order valence-electron chi connectivity index (χ4n) is 5.10. The van der Waals surface area contributed by atoms with Crippen molar-refractivity contribution in [1.82, 2.24) is 25.3 Å². The van der Waals surface area contributed by atoms with Crippen LogP contribution in [0.15, 0.2) is 48.7 Å². The van der Waals surface area contributed by atoms with Crippen molar-refractivity contribution in [2.75, 3.05) is 34.8 Å². The maximum atomic E-state index is 13.1. The number of aromatic nitrogens is 4. The van der Waals surface area contributed by atoms with E-state index < -0.39 is 42.3 Å². The van der Waals surface area contributed by atoms with Gasteiger partial charge in [0.1, 0.15) is 12.1 Å². The molecule has 1 aliphatic heterocycles. The van der Waals surface area contributed by atoms with E-state index in [1.165, 1.54) is 24.3 Å². The number of carboxylic acid groups (broad SMARTS) is 2. The van der Waals surface area contributed by atoms with Crippen LogP contribution in [0.5, 0.6) is 0 Å². The molecule has 4 aromatic rings. The number of aliphatic carboxylic acids is 2. The van der Waals surface area contributed by atoms with Gasteiger partial charge in [0.15, 0.2) is 17.0 Å². The van der Waals surface area contributed by atoms with E-state index >= 15 is 0 Å². The fourth-order valence-corrected chi connectivity index (χ4v) is 5.10. The number of ether oxygens (including phenoxy) is 1. The average Bonchev–Trinajstić information content (AvgIpc) is 3.42. The number of nitrogens with zero attached hydrogens (tertiary/aromatic N) is 5. The highest BCUT2D eigenvalue weighted by Crippen LogP contribution is 2.30. The first-order valence-electron chi connectivity index (χ1n) is 14.2. The zero-order valence-corrected chi connectivity index (χ0v) is 24.6. The number of fused-ring (bicyclic) bond motifs is 2. The third kappa shape index (κ3) is 7.01. The second-order valence-corrected chi connectivity index (χ2v) is 10.5. The molecule has 0 aliphatic carbocycles. The maximum Gasteiger partial charge on any atom is 0.338 e. The highest BCUT2D eigenvalue weighted by Gasteiger charge is 2.30. The molecule has 0 saturated carbocycles. The fraction of sp³-hybridized carbons (Fsp3) is 0.267. The molecule has 16 nitrogen and oxygen atoms in total. The smallest absolute Gasteiger partial charge is 0.338 e. The molecule has 0 fully saturated rings. The maximum absolute atomic E-state index is 13.1. The van der Waals surface area contributed by atoms with Crippen molar-refractivity contribution in [2.45, 2.75) is 38.4 Å². The lowest BCUT2D eigenvalue weighted by molar-refractivity contribution is -0.141. The van der Waals surface area contributed by atoms with Gasteiger partial charge in [0.05, 0.1) is 30.6 Å². The first-order valence-corrected chi connectivity index (χ1v) is 14.2. The van der Waals surface area contributed by atoms with Gasteiger partial charge in [0, 0.05) is 29.9 Å². The number of hydrogen-bond acceptors (Lipinski definition) is 13. The molecule has 0 bridgehead atoms. The van der Waals surface area contributed by atoms with Crippen LogP contribution in [0.1, 0.15) is 45.3 Å². The number of nitrogens with one attached hydrogen (secondary N) is 2. The second kappa shape index (κ2) is 13.3. The summed E-state index contributed by atoms with van der Waals surface area (Å²) >= 11 is 0. The summed E-state index contributed by atoms with van der Waals surface area (Å²) in [5.74, 6) is -3.86. The predicted octanol–water partition coefficient (Wildman–Crippen LogP) is 1.46. The molecule has 2 aromatic carbocycles. The van der Waals surface area contributed by atoms with Crippen molar-refractivity contribution in [1.29, 1.82) is 0 Å². The summed E-state index contributed by atoms with van der Waals surface area (Å²) in [5, 5.41) is 24.8. The van der Waals surface area contributed by atoms with Crippen LogP contribution < -0.4 is 27.0 Å². The van der Waals surface area contributed by atoms with Gasteiger partial charge in [-0.25, -0.2) is 24.4 Å². The monoisotopic (exact) mass is 629 g/mol. The summed E-state index contributed by atoms with van der Waals surface area (Å²) in [6, 6.07) is 8.07. The van der Waals surface area contributed by atoms with Crippen molar-refractivity contribution in [3.63, 3.8) is 0 Å². The van der Waals surface area contributed by atoms with Gasteiger partial charge >= 0.3 is 17.9 Å². The molecule has 1 unspecified atom stereocenters.